The zero-order valence-corrected chi connectivity index (χ0v) is 15.9. The molecule has 0 aliphatic rings. The van der Waals surface area contributed by atoms with E-state index in [-0.39, 0.29) is 36.1 Å². The Balaban J connectivity index is 1.76. The summed E-state index contributed by atoms with van der Waals surface area (Å²) >= 11 is 5.84. The van der Waals surface area contributed by atoms with Gasteiger partial charge >= 0.3 is 5.97 Å². The van der Waals surface area contributed by atoms with Crippen LogP contribution in [-0.2, 0) is 17.7 Å². The van der Waals surface area contributed by atoms with Gasteiger partial charge in [0.05, 0.1) is 13.2 Å². The molecule has 0 amide bonds. The molecule has 9 nitrogen and oxygen atoms in total. The van der Waals surface area contributed by atoms with Gasteiger partial charge in [-0.3, -0.25) is 4.79 Å². The van der Waals surface area contributed by atoms with Crippen LogP contribution in [0.1, 0.15) is 39.6 Å². The number of nitrogens with zero attached hydrogens (tertiary/aromatic N) is 4. The summed E-state index contributed by atoms with van der Waals surface area (Å²) < 4.78 is 11.0. The number of aryl methyl sites for hydroxylation is 1. The van der Waals surface area contributed by atoms with Crippen LogP contribution < -0.4 is 5.56 Å². The number of hydrogen-bond donors (Lipinski definition) is 1. The summed E-state index contributed by atoms with van der Waals surface area (Å²) in [4.78, 5) is 32.0. The second-order valence-electron chi connectivity index (χ2n) is 6.01. The minimum Gasteiger partial charge on any atom is -0.464 e. The molecule has 0 fully saturated rings. The van der Waals surface area contributed by atoms with Crippen LogP contribution in [0.15, 0.2) is 39.8 Å². The highest BCUT2D eigenvalue weighted by molar-refractivity contribution is 6.30. The molecule has 0 aliphatic heterocycles. The second kappa shape index (κ2) is 8.32. The summed E-state index contributed by atoms with van der Waals surface area (Å²) in [6.45, 7) is 1.45. The molecule has 0 bridgehead atoms. The van der Waals surface area contributed by atoms with Crippen LogP contribution >= 0.6 is 11.6 Å². The quantitative estimate of drug-likeness (QED) is 0.616. The van der Waals surface area contributed by atoms with E-state index in [4.69, 9.17) is 16.1 Å². The van der Waals surface area contributed by atoms with Crippen molar-refractivity contribution >= 4 is 17.6 Å². The Morgan fingerprint density at radius 3 is 2.71 bits per heavy atom. The number of methoxy groups -OCH3 is 1. The largest absolute Gasteiger partial charge is 0.464 e. The first-order valence-electron chi connectivity index (χ1n) is 8.28. The molecule has 28 heavy (non-hydrogen) atoms. The smallest absolute Gasteiger partial charge is 0.358 e. The molecule has 1 atom stereocenters. The number of hydrogen-bond acceptors (Lipinski definition) is 8. The van der Waals surface area contributed by atoms with Crippen molar-refractivity contribution in [2.24, 2.45) is 0 Å². The monoisotopic (exact) mass is 404 g/mol. The summed E-state index contributed by atoms with van der Waals surface area (Å²) in [5, 5.41) is 14.7. The van der Waals surface area contributed by atoms with Crippen LogP contribution in [0.4, 0.5) is 0 Å². The van der Waals surface area contributed by atoms with Gasteiger partial charge < -0.3 is 18.9 Å². The van der Waals surface area contributed by atoms with Crippen LogP contribution in [0.25, 0.3) is 0 Å². The molecular formula is C18H17ClN4O5. The van der Waals surface area contributed by atoms with Gasteiger partial charge in [0.2, 0.25) is 5.89 Å². The zero-order chi connectivity index (χ0) is 20.3. The lowest BCUT2D eigenvalue weighted by Crippen LogP contribution is -2.26. The van der Waals surface area contributed by atoms with Crippen LogP contribution in [0.2, 0.25) is 5.02 Å². The minimum absolute atomic E-state index is 0.00232. The van der Waals surface area contributed by atoms with Crippen molar-refractivity contribution in [2.75, 3.05) is 7.11 Å². The van der Waals surface area contributed by atoms with Crippen molar-refractivity contribution < 1.29 is 19.2 Å². The molecule has 0 unspecified atom stereocenters. The molecule has 2 aromatic heterocycles. The fourth-order valence-electron chi connectivity index (χ4n) is 2.55. The Kier molecular flexibility index (Phi) is 5.86. The number of esters is 1. The van der Waals surface area contributed by atoms with Gasteiger partial charge in [-0.25, -0.2) is 9.78 Å². The lowest BCUT2D eigenvalue weighted by atomic mass is 10.1. The topological polar surface area (TPSA) is 120 Å². The highest BCUT2D eigenvalue weighted by Gasteiger charge is 2.17. The first-order valence-corrected chi connectivity index (χ1v) is 8.66. The summed E-state index contributed by atoms with van der Waals surface area (Å²) in [6, 6.07) is 6.78. The van der Waals surface area contributed by atoms with E-state index in [1.165, 1.54) is 24.8 Å². The van der Waals surface area contributed by atoms with E-state index in [2.05, 4.69) is 19.9 Å². The highest BCUT2D eigenvalue weighted by Crippen LogP contribution is 2.19. The lowest BCUT2D eigenvalue weighted by Gasteiger charge is -2.08. The molecule has 0 radical (unpaired) electrons. The van der Waals surface area contributed by atoms with Crippen LogP contribution in [0, 0.1) is 6.92 Å². The van der Waals surface area contributed by atoms with Crippen molar-refractivity contribution in [3.63, 3.8) is 0 Å². The van der Waals surface area contributed by atoms with Crippen LogP contribution in [0.5, 0.6) is 0 Å². The van der Waals surface area contributed by atoms with Crippen molar-refractivity contribution in [2.45, 2.75) is 26.0 Å². The predicted molar refractivity (Wildman–Crippen MR) is 98.1 cm³/mol. The average molecular weight is 405 g/mol. The maximum Gasteiger partial charge on any atom is 0.358 e. The van der Waals surface area contributed by atoms with E-state index in [1.54, 1.807) is 24.3 Å². The Labute approximate surface area is 164 Å². The summed E-state index contributed by atoms with van der Waals surface area (Å²) in [5.74, 6) is -0.222. The fraction of sp³-hybridized carbons (Fsp3) is 0.278. The number of aromatic nitrogens is 4. The van der Waals surface area contributed by atoms with E-state index in [9.17, 15) is 14.7 Å². The van der Waals surface area contributed by atoms with Gasteiger partial charge in [-0.1, -0.05) is 28.9 Å². The average Bonchev–Trinajstić information content (AvgIpc) is 3.11. The zero-order valence-electron chi connectivity index (χ0n) is 15.1. The lowest BCUT2D eigenvalue weighted by molar-refractivity contribution is 0.0592. The maximum atomic E-state index is 12.2. The standard InChI is InChI=1S/C18H17ClN4O5/c1-10-17(25)23(8-13(20-10)18(26)27-2)9-16-21-15(22-28-16)7-14(24)11-3-5-12(19)6-4-11/h3-6,8,14,24H,7,9H2,1-2H3/t14-/m0/s1. The maximum absolute atomic E-state index is 12.2. The normalized spacial score (nSPS) is 12.0. The molecule has 0 saturated carbocycles. The van der Waals surface area contributed by atoms with E-state index in [0.717, 1.165) is 0 Å². The van der Waals surface area contributed by atoms with Gasteiger partial charge in [0.1, 0.15) is 12.2 Å². The molecule has 3 rings (SSSR count). The SMILES string of the molecule is COC(=O)c1cn(Cc2nc(C[C@H](O)c3ccc(Cl)cc3)no2)c(=O)c(C)n1. The molecule has 3 aromatic rings. The molecule has 1 N–H and O–H groups in total. The van der Waals surface area contributed by atoms with E-state index < -0.39 is 17.6 Å². The summed E-state index contributed by atoms with van der Waals surface area (Å²) in [5.41, 5.74) is 0.409. The van der Waals surface area contributed by atoms with Gasteiger partial charge in [-0.15, -0.1) is 0 Å². The van der Waals surface area contributed by atoms with Crippen LogP contribution in [-0.4, -0.2) is 37.9 Å². The minimum atomic E-state index is -0.834. The van der Waals surface area contributed by atoms with Gasteiger partial charge in [-0.05, 0) is 24.6 Å². The fourth-order valence-corrected chi connectivity index (χ4v) is 2.68. The van der Waals surface area contributed by atoms with Crippen LogP contribution in [0.3, 0.4) is 0 Å². The number of benzene rings is 1. The number of carbonyl (C=O) groups is 1. The predicted octanol–water partition coefficient (Wildman–Crippen LogP) is 1.70. The number of halogens is 1. The van der Waals surface area contributed by atoms with Gasteiger partial charge in [0.15, 0.2) is 11.5 Å². The first-order chi connectivity index (χ1) is 13.4. The number of aliphatic hydroxyl groups is 1. The molecule has 1 aromatic carbocycles. The molecular weight excluding hydrogens is 388 g/mol. The Bertz CT molecular complexity index is 1040. The molecule has 10 heteroatoms. The van der Waals surface area contributed by atoms with E-state index in [1.807, 2.05) is 0 Å². The third-order valence-corrected chi connectivity index (χ3v) is 4.23. The molecule has 2 heterocycles. The Morgan fingerprint density at radius 1 is 1.32 bits per heavy atom. The Hall–Kier alpha value is -3.04. The van der Waals surface area contributed by atoms with Crippen molar-refractivity contribution in [3.8, 4) is 0 Å². The highest BCUT2D eigenvalue weighted by atomic mass is 35.5. The van der Waals surface area contributed by atoms with Gasteiger partial charge in [0, 0.05) is 17.6 Å². The number of rotatable bonds is 6. The van der Waals surface area contributed by atoms with Crippen molar-refractivity contribution in [1.82, 2.24) is 19.7 Å². The third-order valence-electron chi connectivity index (χ3n) is 3.98. The number of aliphatic hydroxyl groups excluding tert-OH is 1. The molecule has 0 aliphatic carbocycles. The first kappa shape index (κ1) is 19.7. The second-order valence-corrected chi connectivity index (χ2v) is 6.45. The van der Waals surface area contributed by atoms with Gasteiger partial charge in [0.25, 0.3) is 5.56 Å². The number of ether oxygens (including phenoxy) is 1. The Morgan fingerprint density at radius 2 is 2.04 bits per heavy atom. The molecule has 0 saturated heterocycles. The van der Waals surface area contributed by atoms with E-state index in [0.29, 0.717) is 10.6 Å². The van der Waals surface area contributed by atoms with Crippen molar-refractivity contribution in [3.05, 3.63) is 74.5 Å². The molecule has 146 valence electrons. The number of carbonyl (C=O) groups excluding carboxylic acids is 1. The summed E-state index contributed by atoms with van der Waals surface area (Å²) in [6.07, 6.45) is 0.565. The van der Waals surface area contributed by atoms with E-state index >= 15 is 0 Å². The molecule has 0 spiro atoms. The van der Waals surface area contributed by atoms with Gasteiger partial charge in [-0.2, -0.15) is 4.98 Å². The third kappa shape index (κ3) is 4.44. The van der Waals surface area contributed by atoms with Crippen molar-refractivity contribution in [1.29, 1.82) is 0 Å². The summed E-state index contributed by atoms with van der Waals surface area (Å²) in [7, 11) is 1.23.